The fraction of sp³-hybridized carbons (Fsp3) is 0.562. The molecule has 0 aliphatic heterocycles. The zero-order chi connectivity index (χ0) is 13.2. The van der Waals surface area contributed by atoms with E-state index in [4.69, 9.17) is 0 Å². The predicted octanol–water partition coefficient (Wildman–Crippen LogP) is 4.86. The van der Waals surface area contributed by atoms with Gasteiger partial charge in [-0.05, 0) is 24.0 Å². The van der Waals surface area contributed by atoms with Crippen LogP contribution in [0.2, 0.25) is 0 Å². The molecule has 1 aromatic carbocycles. The molecule has 0 radical (unpaired) electrons. The molecule has 0 saturated carbocycles. The number of carbonyl (C=O) groups is 1. The van der Waals surface area contributed by atoms with E-state index in [1.54, 1.807) is 12.1 Å². The van der Waals surface area contributed by atoms with Crippen molar-refractivity contribution in [2.45, 2.75) is 57.8 Å². The second kappa shape index (κ2) is 8.84. The molecule has 0 saturated heterocycles. The molecule has 1 rings (SSSR count). The van der Waals surface area contributed by atoms with Crippen molar-refractivity contribution < 1.29 is 9.18 Å². The van der Waals surface area contributed by atoms with Crippen LogP contribution < -0.4 is 0 Å². The minimum absolute atomic E-state index is 0.0466. The number of hydrogen-bond donors (Lipinski definition) is 0. The molecule has 18 heavy (non-hydrogen) atoms. The van der Waals surface area contributed by atoms with Gasteiger partial charge in [0.05, 0.1) is 0 Å². The van der Waals surface area contributed by atoms with Gasteiger partial charge in [0.2, 0.25) is 0 Å². The fourth-order valence-corrected chi connectivity index (χ4v) is 2.32. The topological polar surface area (TPSA) is 17.1 Å². The van der Waals surface area contributed by atoms with Gasteiger partial charge in [-0.25, -0.2) is 4.39 Å². The molecule has 2 heteroatoms. The molecule has 0 aliphatic rings. The third kappa shape index (κ3) is 4.99. The minimum Gasteiger partial charge on any atom is -0.303 e. The van der Waals surface area contributed by atoms with E-state index in [2.05, 4.69) is 6.92 Å². The van der Waals surface area contributed by atoms with Crippen molar-refractivity contribution in [3.8, 4) is 0 Å². The van der Waals surface area contributed by atoms with Gasteiger partial charge in [-0.2, -0.15) is 0 Å². The summed E-state index contributed by atoms with van der Waals surface area (Å²) in [4.78, 5) is 10.7. The molecule has 0 aliphatic carbocycles. The van der Waals surface area contributed by atoms with Crippen molar-refractivity contribution >= 4 is 6.29 Å². The first kappa shape index (κ1) is 14.9. The first-order valence-electron chi connectivity index (χ1n) is 6.97. The summed E-state index contributed by atoms with van der Waals surface area (Å²) in [7, 11) is 0. The van der Waals surface area contributed by atoms with Crippen LogP contribution in [0.5, 0.6) is 0 Å². The molecule has 1 aromatic rings. The smallest absolute Gasteiger partial charge is 0.126 e. The van der Waals surface area contributed by atoms with Gasteiger partial charge < -0.3 is 4.79 Å². The van der Waals surface area contributed by atoms with E-state index in [0.717, 1.165) is 19.1 Å². The Bertz CT molecular complexity index is 349. The van der Waals surface area contributed by atoms with E-state index in [0.29, 0.717) is 12.0 Å². The quantitative estimate of drug-likeness (QED) is 0.452. The van der Waals surface area contributed by atoms with Crippen LogP contribution in [0.3, 0.4) is 0 Å². The number of hydrogen-bond acceptors (Lipinski definition) is 1. The molecule has 0 spiro atoms. The van der Waals surface area contributed by atoms with Gasteiger partial charge in [0, 0.05) is 6.42 Å². The molecule has 0 bridgehead atoms. The predicted molar refractivity (Wildman–Crippen MR) is 73.2 cm³/mol. The average molecular weight is 250 g/mol. The third-order valence-electron chi connectivity index (χ3n) is 3.38. The normalized spacial score (nSPS) is 12.3. The van der Waals surface area contributed by atoms with E-state index < -0.39 is 0 Å². The molecule has 1 nitrogen and oxygen atoms in total. The Balaban J connectivity index is 2.49. The lowest BCUT2D eigenvalue weighted by atomic mass is 9.90. The summed E-state index contributed by atoms with van der Waals surface area (Å²) >= 11 is 0. The lowest BCUT2D eigenvalue weighted by Gasteiger charge is -2.15. The summed E-state index contributed by atoms with van der Waals surface area (Å²) in [6.07, 6.45) is 8.22. The first-order valence-corrected chi connectivity index (χ1v) is 6.97. The molecule has 0 amide bonds. The van der Waals surface area contributed by atoms with Gasteiger partial charge in [-0.15, -0.1) is 0 Å². The van der Waals surface area contributed by atoms with E-state index in [9.17, 15) is 9.18 Å². The highest BCUT2D eigenvalue weighted by Crippen LogP contribution is 2.27. The second-order valence-electron chi connectivity index (χ2n) is 4.82. The molecule has 0 heterocycles. The standard InChI is InChI=1S/C16H23FO/c1-2-3-4-5-6-9-14(12-13-18)15-10-7-8-11-16(15)17/h7-8,10-11,13-14H,2-6,9,12H2,1H3. The van der Waals surface area contributed by atoms with Crippen LogP contribution in [0.4, 0.5) is 4.39 Å². The SMILES string of the molecule is CCCCCCCC(CC=O)c1ccccc1F. The molecular weight excluding hydrogens is 227 g/mol. The van der Waals surface area contributed by atoms with E-state index >= 15 is 0 Å². The summed E-state index contributed by atoms with van der Waals surface area (Å²) in [6, 6.07) is 6.81. The highest BCUT2D eigenvalue weighted by molar-refractivity contribution is 5.51. The lowest BCUT2D eigenvalue weighted by molar-refractivity contribution is -0.108. The van der Waals surface area contributed by atoms with Gasteiger partial charge in [0.25, 0.3) is 0 Å². The van der Waals surface area contributed by atoms with Gasteiger partial charge >= 0.3 is 0 Å². The summed E-state index contributed by atoms with van der Waals surface area (Å²) in [5.74, 6) is -0.136. The second-order valence-corrected chi connectivity index (χ2v) is 4.82. The first-order chi connectivity index (χ1) is 8.79. The summed E-state index contributed by atoms with van der Waals surface area (Å²) in [5.41, 5.74) is 0.695. The number of unbranched alkanes of at least 4 members (excludes halogenated alkanes) is 4. The lowest BCUT2D eigenvalue weighted by Crippen LogP contribution is -2.03. The summed E-state index contributed by atoms with van der Waals surface area (Å²) < 4.78 is 13.7. The van der Waals surface area contributed by atoms with Crippen molar-refractivity contribution in [1.82, 2.24) is 0 Å². The third-order valence-corrected chi connectivity index (χ3v) is 3.38. The van der Waals surface area contributed by atoms with Crippen LogP contribution in [0.15, 0.2) is 24.3 Å². The van der Waals surface area contributed by atoms with Crippen molar-refractivity contribution in [2.75, 3.05) is 0 Å². The van der Waals surface area contributed by atoms with E-state index in [-0.39, 0.29) is 11.7 Å². The Morgan fingerprint density at radius 1 is 1.17 bits per heavy atom. The largest absolute Gasteiger partial charge is 0.303 e. The minimum atomic E-state index is -0.182. The van der Waals surface area contributed by atoms with E-state index in [1.165, 1.54) is 31.7 Å². The number of aldehydes is 1. The molecule has 0 N–H and O–H groups in total. The Morgan fingerprint density at radius 2 is 1.89 bits per heavy atom. The van der Waals surface area contributed by atoms with Gasteiger partial charge in [-0.1, -0.05) is 57.2 Å². The van der Waals surface area contributed by atoms with Gasteiger partial charge in [0.15, 0.2) is 0 Å². The van der Waals surface area contributed by atoms with Crippen molar-refractivity contribution in [1.29, 1.82) is 0 Å². The number of carbonyl (C=O) groups excluding carboxylic acids is 1. The van der Waals surface area contributed by atoms with Crippen LogP contribution in [-0.4, -0.2) is 6.29 Å². The Morgan fingerprint density at radius 3 is 2.56 bits per heavy atom. The number of halogens is 1. The molecule has 100 valence electrons. The molecular formula is C16H23FO. The monoisotopic (exact) mass is 250 g/mol. The zero-order valence-corrected chi connectivity index (χ0v) is 11.2. The Hall–Kier alpha value is -1.18. The summed E-state index contributed by atoms with van der Waals surface area (Å²) in [5, 5.41) is 0. The van der Waals surface area contributed by atoms with Crippen LogP contribution in [0.1, 0.15) is 63.4 Å². The maximum absolute atomic E-state index is 13.7. The number of benzene rings is 1. The van der Waals surface area contributed by atoms with Crippen LogP contribution in [0.25, 0.3) is 0 Å². The van der Waals surface area contributed by atoms with Crippen molar-refractivity contribution in [2.24, 2.45) is 0 Å². The highest BCUT2D eigenvalue weighted by atomic mass is 19.1. The van der Waals surface area contributed by atoms with Gasteiger partial charge in [-0.3, -0.25) is 0 Å². The number of rotatable bonds is 9. The van der Waals surface area contributed by atoms with Crippen molar-refractivity contribution in [3.05, 3.63) is 35.6 Å². The molecule has 1 unspecified atom stereocenters. The maximum Gasteiger partial charge on any atom is 0.126 e. The van der Waals surface area contributed by atoms with Crippen molar-refractivity contribution in [3.63, 3.8) is 0 Å². The average Bonchev–Trinajstić information content (AvgIpc) is 2.38. The maximum atomic E-state index is 13.7. The molecule has 1 atom stereocenters. The van der Waals surface area contributed by atoms with E-state index in [1.807, 2.05) is 6.07 Å². The van der Waals surface area contributed by atoms with Crippen LogP contribution in [-0.2, 0) is 4.79 Å². The molecule has 0 fully saturated rings. The van der Waals surface area contributed by atoms with Crippen LogP contribution in [0, 0.1) is 5.82 Å². The Labute approximate surface area is 109 Å². The fourth-order valence-electron chi connectivity index (χ4n) is 2.32. The zero-order valence-electron chi connectivity index (χ0n) is 11.2. The highest BCUT2D eigenvalue weighted by Gasteiger charge is 2.14. The van der Waals surface area contributed by atoms with Gasteiger partial charge in [0.1, 0.15) is 12.1 Å². The molecule has 0 aromatic heterocycles. The summed E-state index contributed by atoms with van der Waals surface area (Å²) in [6.45, 7) is 2.19. The Kier molecular flexibility index (Phi) is 7.31. The van der Waals surface area contributed by atoms with Crippen LogP contribution >= 0.6 is 0 Å².